The normalized spacial score (nSPS) is 14.7. The number of nitrogens with zero attached hydrogens (tertiary/aromatic N) is 1. The first-order chi connectivity index (χ1) is 11.2. The smallest absolute Gasteiger partial charge is 0.318 e. The minimum absolute atomic E-state index is 0.0228. The van der Waals surface area contributed by atoms with Gasteiger partial charge in [0.2, 0.25) is 0 Å². The minimum atomic E-state index is -0.0870. The number of fused-ring (bicyclic) bond motifs is 1. The number of terminal acetylenes is 1. The molecule has 1 unspecified atom stereocenters. The lowest BCUT2D eigenvalue weighted by molar-refractivity contribution is 0.183. The van der Waals surface area contributed by atoms with E-state index in [1.165, 1.54) is 5.56 Å². The Hall–Kier alpha value is -2.67. The first kappa shape index (κ1) is 15.2. The van der Waals surface area contributed by atoms with E-state index in [0.717, 1.165) is 23.5 Å². The molecule has 1 aromatic carbocycles. The molecule has 4 heteroatoms. The number of furan rings is 1. The Morgan fingerprint density at radius 3 is 2.96 bits per heavy atom. The molecule has 1 N–H and O–H groups in total. The van der Waals surface area contributed by atoms with E-state index < -0.39 is 0 Å². The van der Waals surface area contributed by atoms with Gasteiger partial charge in [-0.1, -0.05) is 30.3 Å². The highest BCUT2D eigenvalue weighted by Crippen LogP contribution is 2.29. The van der Waals surface area contributed by atoms with Gasteiger partial charge in [-0.05, 0) is 25.0 Å². The predicted octanol–water partition coefficient (Wildman–Crippen LogP) is 3.43. The van der Waals surface area contributed by atoms with Crippen LogP contribution in [0.5, 0.6) is 0 Å². The maximum absolute atomic E-state index is 12.3. The summed E-state index contributed by atoms with van der Waals surface area (Å²) in [5.41, 5.74) is 2.24. The van der Waals surface area contributed by atoms with Gasteiger partial charge in [0, 0.05) is 24.6 Å². The number of hydrogen-bond acceptors (Lipinski definition) is 2. The molecule has 0 saturated heterocycles. The van der Waals surface area contributed by atoms with Gasteiger partial charge in [-0.25, -0.2) is 4.79 Å². The van der Waals surface area contributed by atoms with Gasteiger partial charge in [0.05, 0.1) is 6.54 Å². The lowest BCUT2D eigenvalue weighted by Crippen LogP contribution is -2.45. The number of carbonyl (C=O) groups excluding carboxylic acids is 1. The van der Waals surface area contributed by atoms with Gasteiger partial charge in [0.1, 0.15) is 11.5 Å². The summed E-state index contributed by atoms with van der Waals surface area (Å²) in [6.07, 6.45) is 6.61. The number of urea groups is 1. The van der Waals surface area contributed by atoms with E-state index in [4.69, 9.17) is 10.8 Å². The summed E-state index contributed by atoms with van der Waals surface area (Å²) in [5.74, 6) is 4.29. The van der Waals surface area contributed by atoms with Crippen molar-refractivity contribution in [2.75, 3.05) is 6.54 Å². The van der Waals surface area contributed by atoms with Gasteiger partial charge in [0.15, 0.2) is 0 Å². The predicted molar refractivity (Wildman–Crippen MR) is 89.7 cm³/mol. The number of benzene rings is 1. The number of nitrogens with one attached hydrogen (secondary N) is 1. The standard InChI is InChI=1S/C19H20N2O2/c1-3-7-14(2)20-19(22)21-11-10-16-12-17(23-18(16)13-21)15-8-5-4-6-9-15/h1,4-6,8-9,12,14H,7,10-11,13H2,2H3,(H,20,22). The van der Waals surface area contributed by atoms with Crippen LogP contribution in [0.25, 0.3) is 11.3 Å². The van der Waals surface area contributed by atoms with Crippen LogP contribution in [-0.2, 0) is 13.0 Å². The Balaban J connectivity index is 1.70. The molecule has 2 heterocycles. The van der Waals surface area contributed by atoms with E-state index in [9.17, 15) is 4.79 Å². The van der Waals surface area contributed by atoms with Crippen LogP contribution >= 0.6 is 0 Å². The van der Waals surface area contributed by atoms with Crippen molar-refractivity contribution in [2.45, 2.75) is 32.4 Å². The minimum Gasteiger partial charge on any atom is -0.459 e. The molecular formula is C19H20N2O2. The van der Waals surface area contributed by atoms with Crippen molar-refractivity contribution in [3.05, 3.63) is 47.7 Å². The molecule has 1 aromatic heterocycles. The summed E-state index contributed by atoms with van der Waals surface area (Å²) in [6.45, 7) is 3.10. The second-order valence-corrected chi connectivity index (χ2v) is 5.86. The van der Waals surface area contributed by atoms with E-state index in [1.54, 1.807) is 4.90 Å². The zero-order chi connectivity index (χ0) is 16.2. The van der Waals surface area contributed by atoms with Gasteiger partial charge in [-0.2, -0.15) is 0 Å². The van der Waals surface area contributed by atoms with Crippen molar-refractivity contribution < 1.29 is 9.21 Å². The average Bonchev–Trinajstić information content (AvgIpc) is 2.99. The summed E-state index contributed by atoms with van der Waals surface area (Å²) >= 11 is 0. The summed E-state index contributed by atoms with van der Waals surface area (Å²) in [7, 11) is 0. The molecule has 4 nitrogen and oxygen atoms in total. The third-order valence-electron chi connectivity index (χ3n) is 4.02. The topological polar surface area (TPSA) is 45.5 Å². The lowest BCUT2D eigenvalue weighted by atomic mass is 10.1. The van der Waals surface area contributed by atoms with Crippen LogP contribution in [-0.4, -0.2) is 23.5 Å². The molecule has 3 rings (SSSR count). The van der Waals surface area contributed by atoms with Gasteiger partial charge in [-0.3, -0.25) is 0 Å². The fourth-order valence-electron chi connectivity index (χ4n) is 2.77. The molecule has 0 aliphatic carbocycles. The van der Waals surface area contributed by atoms with E-state index in [1.807, 2.05) is 37.3 Å². The van der Waals surface area contributed by atoms with Crippen LogP contribution in [0, 0.1) is 12.3 Å². The van der Waals surface area contributed by atoms with Crippen LogP contribution in [0.4, 0.5) is 4.79 Å². The number of carbonyl (C=O) groups is 1. The summed E-state index contributed by atoms with van der Waals surface area (Å²) in [5, 5.41) is 2.92. The summed E-state index contributed by atoms with van der Waals surface area (Å²) in [6, 6.07) is 12.0. The Labute approximate surface area is 136 Å². The second-order valence-electron chi connectivity index (χ2n) is 5.86. The van der Waals surface area contributed by atoms with Crippen LogP contribution in [0.1, 0.15) is 24.7 Å². The fraction of sp³-hybridized carbons (Fsp3) is 0.316. The molecular weight excluding hydrogens is 288 g/mol. The third kappa shape index (κ3) is 3.40. The van der Waals surface area contributed by atoms with Gasteiger partial charge in [0.25, 0.3) is 0 Å². The highest BCUT2D eigenvalue weighted by molar-refractivity contribution is 5.75. The molecule has 23 heavy (non-hydrogen) atoms. The molecule has 0 bridgehead atoms. The van der Waals surface area contributed by atoms with Gasteiger partial charge < -0.3 is 14.6 Å². The van der Waals surface area contributed by atoms with Crippen molar-refractivity contribution in [2.24, 2.45) is 0 Å². The Bertz CT molecular complexity index is 728. The number of amides is 2. The SMILES string of the molecule is C#CCC(C)NC(=O)N1CCc2cc(-c3ccccc3)oc2C1. The maximum atomic E-state index is 12.3. The molecule has 0 saturated carbocycles. The van der Waals surface area contributed by atoms with Crippen molar-refractivity contribution in [1.29, 1.82) is 0 Å². The van der Waals surface area contributed by atoms with Gasteiger partial charge >= 0.3 is 6.03 Å². The zero-order valence-electron chi connectivity index (χ0n) is 13.2. The Kier molecular flexibility index (Phi) is 4.38. The van der Waals surface area contributed by atoms with Crippen molar-refractivity contribution in [1.82, 2.24) is 10.2 Å². The van der Waals surface area contributed by atoms with Crippen molar-refractivity contribution in [3.8, 4) is 23.7 Å². The van der Waals surface area contributed by atoms with Crippen LogP contribution in [0.15, 0.2) is 40.8 Å². The Morgan fingerprint density at radius 1 is 1.43 bits per heavy atom. The monoisotopic (exact) mass is 308 g/mol. The third-order valence-corrected chi connectivity index (χ3v) is 4.02. The molecule has 2 amide bonds. The second kappa shape index (κ2) is 6.62. The van der Waals surface area contributed by atoms with E-state index in [-0.39, 0.29) is 12.1 Å². The largest absolute Gasteiger partial charge is 0.459 e. The molecule has 0 spiro atoms. The lowest BCUT2D eigenvalue weighted by Gasteiger charge is -2.27. The molecule has 2 aromatic rings. The zero-order valence-corrected chi connectivity index (χ0v) is 13.2. The van der Waals surface area contributed by atoms with Crippen LogP contribution in [0.2, 0.25) is 0 Å². The van der Waals surface area contributed by atoms with Crippen molar-refractivity contribution >= 4 is 6.03 Å². The highest BCUT2D eigenvalue weighted by atomic mass is 16.3. The van der Waals surface area contributed by atoms with E-state index >= 15 is 0 Å². The Morgan fingerprint density at radius 2 is 2.22 bits per heavy atom. The summed E-state index contributed by atoms with van der Waals surface area (Å²) < 4.78 is 5.97. The van der Waals surface area contributed by atoms with Crippen molar-refractivity contribution in [3.63, 3.8) is 0 Å². The molecule has 1 aliphatic heterocycles. The molecule has 1 aliphatic rings. The highest BCUT2D eigenvalue weighted by Gasteiger charge is 2.25. The molecule has 0 fully saturated rings. The average molecular weight is 308 g/mol. The van der Waals surface area contributed by atoms with E-state index in [2.05, 4.69) is 17.3 Å². The molecule has 0 radical (unpaired) electrons. The fourth-order valence-corrected chi connectivity index (χ4v) is 2.77. The summed E-state index contributed by atoms with van der Waals surface area (Å²) in [4.78, 5) is 14.0. The quantitative estimate of drug-likeness (QED) is 0.883. The molecule has 1 atom stereocenters. The van der Waals surface area contributed by atoms with Crippen LogP contribution < -0.4 is 5.32 Å². The molecule has 118 valence electrons. The number of rotatable bonds is 3. The maximum Gasteiger partial charge on any atom is 0.318 e. The first-order valence-corrected chi connectivity index (χ1v) is 7.83. The van der Waals surface area contributed by atoms with Gasteiger partial charge in [-0.15, -0.1) is 12.3 Å². The first-order valence-electron chi connectivity index (χ1n) is 7.83. The van der Waals surface area contributed by atoms with E-state index in [0.29, 0.717) is 19.5 Å². The van der Waals surface area contributed by atoms with Crippen LogP contribution in [0.3, 0.4) is 0 Å². The number of hydrogen-bond donors (Lipinski definition) is 1.